The van der Waals surface area contributed by atoms with E-state index >= 15 is 0 Å². The van der Waals surface area contributed by atoms with Gasteiger partial charge in [-0.15, -0.1) is 0 Å². The van der Waals surface area contributed by atoms with Crippen LogP contribution in [0.5, 0.6) is 17.2 Å². The lowest BCUT2D eigenvalue weighted by atomic mass is 10.3. The third-order valence-electron chi connectivity index (χ3n) is 6.04. The molecule has 0 amide bonds. The average Bonchev–Trinajstić information content (AvgIpc) is 2.99. The van der Waals surface area contributed by atoms with Crippen LogP contribution in [0, 0.1) is 0 Å². The van der Waals surface area contributed by atoms with E-state index in [9.17, 15) is 13.0 Å². The molecule has 3 atom stereocenters. The minimum absolute atomic E-state index is 0.219. The van der Waals surface area contributed by atoms with Crippen molar-refractivity contribution in [3.05, 3.63) is 72.8 Å². The summed E-state index contributed by atoms with van der Waals surface area (Å²) in [4.78, 5) is 3.51. The zero-order valence-corrected chi connectivity index (χ0v) is 29.0. The van der Waals surface area contributed by atoms with E-state index in [4.69, 9.17) is 28.4 Å². The first-order valence-corrected chi connectivity index (χ1v) is 18.1. The summed E-state index contributed by atoms with van der Waals surface area (Å²) in [6.07, 6.45) is 0.333. The van der Waals surface area contributed by atoms with E-state index in [1.807, 2.05) is 84.9 Å². The van der Waals surface area contributed by atoms with Crippen molar-refractivity contribution in [2.45, 2.75) is 94.9 Å². The fraction of sp³-hybridized carbons (Fsp3) is 0.471. The van der Waals surface area contributed by atoms with E-state index in [0.29, 0.717) is 26.2 Å². The molecule has 0 radical (unpaired) electrons. The third kappa shape index (κ3) is 14.9. The normalized spacial score (nSPS) is 14.0. The summed E-state index contributed by atoms with van der Waals surface area (Å²) in [7, 11) is -4.28. The summed E-state index contributed by atoms with van der Waals surface area (Å²) in [6, 6.07) is 24.6. The largest absolute Gasteiger partial charge is 0.748 e. The van der Waals surface area contributed by atoms with Gasteiger partial charge in [0.1, 0.15) is 17.2 Å². The van der Waals surface area contributed by atoms with Gasteiger partial charge in [0.2, 0.25) is 0 Å². The molecule has 0 saturated carbocycles. The van der Waals surface area contributed by atoms with Gasteiger partial charge in [-0.2, -0.15) is 0 Å². The van der Waals surface area contributed by atoms with Gasteiger partial charge in [0, 0.05) is 25.6 Å². The molecule has 0 heterocycles. The lowest BCUT2D eigenvalue weighted by molar-refractivity contribution is -0.0616. The van der Waals surface area contributed by atoms with Gasteiger partial charge in [0.25, 0.3) is 0 Å². The minimum atomic E-state index is -3.94. The van der Waals surface area contributed by atoms with Crippen LogP contribution in [0.4, 0.5) is 0 Å². The van der Waals surface area contributed by atoms with Crippen LogP contribution in [0.15, 0.2) is 87.5 Å². The monoisotopic (exact) mass is 664 g/mol. The van der Waals surface area contributed by atoms with Crippen molar-refractivity contribution in [3.8, 4) is 17.2 Å². The standard InChI is InChI=1S/C30H39O6S.C4H10O3S/c1-7-31-22(4)34-25-10-16-28(17-11-25)37(29-18-12-26(13-19-29)35-23(5)32-8-2)30-20-14-27(15-21-30)36-24(6)33-9-3;1-2-3-4-8(5,6)7/h10-24H,7-9H2,1-6H3;2-4H2,1H3,(H,5,6,7)/q+1;/p-1. The number of ether oxygens (including phenoxy) is 6. The molecule has 3 unspecified atom stereocenters. The van der Waals surface area contributed by atoms with Gasteiger partial charge >= 0.3 is 0 Å². The molecular weight excluding hydrogens is 616 g/mol. The highest BCUT2D eigenvalue weighted by Crippen LogP contribution is 2.34. The summed E-state index contributed by atoms with van der Waals surface area (Å²) in [6.45, 7) is 15.2. The lowest BCUT2D eigenvalue weighted by Gasteiger charge is -2.16. The van der Waals surface area contributed by atoms with Crippen molar-refractivity contribution in [2.75, 3.05) is 25.6 Å². The Morgan fingerprint density at radius 1 is 0.578 bits per heavy atom. The van der Waals surface area contributed by atoms with Gasteiger partial charge in [-0.3, -0.25) is 0 Å². The van der Waals surface area contributed by atoms with Gasteiger partial charge in [0.15, 0.2) is 33.6 Å². The van der Waals surface area contributed by atoms with Gasteiger partial charge in [-0.1, -0.05) is 13.3 Å². The van der Waals surface area contributed by atoms with Gasteiger partial charge < -0.3 is 33.0 Å². The van der Waals surface area contributed by atoms with E-state index in [1.165, 1.54) is 14.7 Å². The first-order valence-electron chi connectivity index (χ1n) is 15.3. The first-order chi connectivity index (χ1) is 21.5. The molecule has 0 aliphatic carbocycles. The number of hydrogen-bond donors (Lipinski definition) is 0. The Kier molecular flexibility index (Phi) is 17.4. The SMILES string of the molecule is CCCCS(=O)(=O)[O-].CCOC(C)Oc1ccc([S+](c2ccc(OC(C)OCC)cc2)c2ccc(OC(C)OCC)cc2)cc1. The highest BCUT2D eigenvalue weighted by Gasteiger charge is 2.29. The van der Waals surface area contributed by atoms with Crippen molar-refractivity contribution in [1.29, 1.82) is 0 Å². The second-order valence-corrected chi connectivity index (χ2v) is 13.3. The van der Waals surface area contributed by atoms with Crippen molar-refractivity contribution < 1.29 is 41.4 Å². The van der Waals surface area contributed by atoms with E-state index in [1.54, 1.807) is 0 Å². The minimum Gasteiger partial charge on any atom is -0.748 e. The van der Waals surface area contributed by atoms with Gasteiger partial charge in [-0.05, 0) is 121 Å². The van der Waals surface area contributed by atoms with Crippen molar-refractivity contribution in [3.63, 3.8) is 0 Å². The molecule has 3 aromatic carbocycles. The molecule has 3 rings (SSSR count). The molecule has 0 aromatic heterocycles. The van der Waals surface area contributed by atoms with E-state index < -0.39 is 10.1 Å². The Hall–Kier alpha value is -2.80. The number of benzene rings is 3. The predicted molar refractivity (Wildman–Crippen MR) is 176 cm³/mol. The Morgan fingerprint density at radius 3 is 1.07 bits per heavy atom. The Labute approximate surface area is 272 Å². The maximum Gasteiger partial charge on any atom is 0.196 e. The molecule has 0 fully saturated rings. The predicted octanol–water partition coefficient (Wildman–Crippen LogP) is 7.40. The fourth-order valence-corrected chi connectivity index (χ4v) is 6.76. The van der Waals surface area contributed by atoms with Crippen LogP contribution >= 0.6 is 0 Å². The average molecular weight is 665 g/mol. The molecule has 45 heavy (non-hydrogen) atoms. The summed E-state index contributed by atoms with van der Waals surface area (Å²) in [5, 5.41) is 0. The molecule has 0 spiro atoms. The highest BCUT2D eigenvalue weighted by atomic mass is 32.2. The quantitative estimate of drug-likeness (QED) is 0.0780. The highest BCUT2D eigenvalue weighted by molar-refractivity contribution is 7.97. The molecule has 0 aliphatic heterocycles. The van der Waals surface area contributed by atoms with E-state index in [0.717, 1.165) is 23.7 Å². The van der Waals surface area contributed by atoms with Crippen LogP contribution in [-0.4, -0.2) is 57.4 Å². The zero-order chi connectivity index (χ0) is 33.2. The summed E-state index contributed by atoms with van der Waals surface area (Å²) in [5.74, 6) is 2.10. The second kappa shape index (κ2) is 20.3. The van der Waals surface area contributed by atoms with Gasteiger partial charge in [-0.25, -0.2) is 8.42 Å². The molecule has 0 aliphatic rings. The second-order valence-electron chi connectivity index (χ2n) is 9.76. The molecule has 9 nitrogen and oxygen atoms in total. The van der Waals surface area contributed by atoms with Crippen LogP contribution in [-0.2, 0) is 35.2 Å². The van der Waals surface area contributed by atoms with Crippen molar-refractivity contribution >= 4 is 21.0 Å². The van der Waals surface area contributed by atoms with Crippen LogP contribution in [0.25, 0.3) is 0 Å². The van der Waals surface area contributed by atoms with Crippen molar-refractivity contribution in [1.82, 2.24) is 0 Å². The summed E-state index contributed by atoms with van der Waals surface area (Å²) in [5.41, 5.74) is 0. The number of unbranched alkanes of at least 4 members (excludes halogenated alkanes) is 1. The number of hydrogen-bond acceptors (Lipinski definition) is 9. The maximum atomic E-state index is 9.83. The third-order valence-corrected chi connectivity index (χ3v) is 9.06. The van der Waals surface area contributed by atoms with Crippen molar-refractivity contribution in [2.24, 2.45) is 0 Å². The Bertz CT molecular complexity index is 1180. The van der Waals surface area contributed by atoms with Crippen LogP contribution in [0.3, 0.4) is 0 Å². The molecule has 0 bridgehead atoms. The molecular formula is C34H48O9S2. The maximum absolute atomic E-state index is 9.83. The smallest absolute Gasteiger partial charge is 0.196 e. The first kappa shape index (κ1) is 38.4. The number of rotatable bonds is 18. The van der Waals surface area contributed by atoms with E-state index in [2.05, 4.69) is 36.4 Å². The molecule has 0 N–H and O–H groups in total. The summed E-state index contributed by atoms with van der Waals surface area (Å²) >= 11 is 0. The van der Waals surface area contributed by atoms with Crippen LogP contribution < -0.4 is 14.2 Å². The van der Waals surface area contributed by atoms with E-state index in [-0.39, 0.29) is 35.5 Å². The lowest BCUT2D eigenvalue weighted by Crippen LogP contribution is -2.16. The summed E-state index contributed by atoms with van der Waals surface area (Å²) < 4.78 is 63.6. The Morgan fingerprint density at radius 2 is 0.867 bits per heavy atom. The molecule has 3 aromatic rings. The van der Waals surface area contributed by atoms with Crippen LogP contribution in [0.2, 0.25) is 0 Å². The fourth-order valence-electron chi connectivity index (χ4n) is 4.07. The zero-order valence-electron chi connectivity index (χ0n) is 27.4. The molecule has 11 heteroatoms. The topological polar surface area (TPSA) is 113 Å². The molecule has 0 saturated heterocycles. The molecule has 250 valence electrons. The van der Waals surface area contributed by atoms with Crippen LogP contribution in [0.1, 0.15) is 61.3 Å². The van der Waals surface area contributed by atoms with Gasteiger partial charge in [0.05, 0.1) is 21.0 Å². The Balaban J connectivity index is 0.000000777.